The van der Waals surface area contributed by atoms with Crippen LogP contribution in [-0.4, -0.2) is 18.2 Å². The van der Waals surface area contributed by atoms with Crippen molar-refractivity contribution in [3.8, 4) is 0 Å². The Balaban J connectivity index is 1.64. The lowest BCUT2D eigenvalue weighted by Gasteiger charge is -2.16. The van der Waals surface area contributed by atoms with Crippen LogP contribution in [0.2, 0.25) is 0 Å². The molecule has 14 heavy (non-hydrogen) atoms. The molecule has 0 saturated heterocycles. The lowest BCUT2D eigenvalue weighted by molar-refractivity contribution is 0.433. The maximum absolute atomic E-state index is 5.20. The highest BCUT2D eigenvalue weighted by molar-refractivity contribution is 7.80. The van der Waals surface area contributed by atoms with Gasteiger partial charge in [0.25, 0.3) is 0 Å². The normalized spacial score (nSPS) is 22.9. The third-order valence-electron chi connectivity index (χ3n) is 3.47. The van der Waals surface area contributed by atoms with Gasteiger partial charge in [-0.3, -0.25) is 0 Å². The van der Waals surface area contributed by atoms with Crippen molar-refractivity contribution in [2.45, 2.75) is 39.0 Å². The van der Waals surface area contributed by atoms with E-state index in [9.17, 15) is 0 Å². The van der Waals surface area contributed by atoms with Gasteiger partial charge >= 0.3 is 0 Å². The zero-order valence-corrected chi connectivity index (χ0v) is 9.75. The fourth-order valence-corrected chi connectivity index (χ4v) is 2.32. The van der Waals surface area contributed by atoms with Gasteiger partial charge < -0.3 is 10.6 Å². The third kappa shape index (κ3) is 2.38. The number of hydrogen-bond acceptors (Lipinski definition) is 1. The molecule has 0 aliphatic heterocycles. The Morgan fingerprint density at radius 1 is 1.36 bits per heavy atom. The van der Waals surface area contributed by atoms with E-state index in [1.165, 1.54) is 25.7 Å². The average Bonchev–Trinajstić information content (AvgIpc) is 3.03. The average molecular weight is 212 g/mol. The molecule has 0 radical (unpaired) electrons. The van der Waals surface area contributed by atoms with Gasteiger partial charge in [-0.05, 0) is 55.7 Å². The van der Waals surface area contributed by atoms with Gasteiger partial charge in [0.05, 0.1) is 0 Å². The molecule has 0 bridgehead atoms. The molecule has 2 nitrogen and oxygen atoms in total. The van der Waals surface area contributed by atoms with Crippen molar-refractivity contribution in [1.29, 1.82) is 0 Å². The lowest BCUT2D eigenvalue weighted by Crippen LogP contribution is -2.39. The van der Waals surface area contributed by atoms with Crippen LogP contribution in [0, 0.1) is 11.3 Å². The van der Waals surface area contributed by atoms with Gasteiger partial charge in [0.1, 0.15) is 0 Å². The quantitative estimate of drug-likeness (QED) is 0.682. The Kier molecular flexibility index (Phi) is 2.96. The first-order valence-corrected chi connectivity index (χ1v) is 6.19. The molecule has 0 spiro atoms. The van der Waals surface area contributed by atoms with E-state index in [2.05, 4.69) is 17.6 Å². The van der Waals surface area contributed by atoms with E-state index in [1.807, 2.05) is 0 Å². The van der Waals surface area contributed by atoms with Gasteiger partial charge in [0, 0.05) is 13.1 Å². The molecule has 2 fully saturated rings. The topological polar surface area (TPSA) is 24.1 Å². The Labute approximate surface area is 91.8 Å². The maximum atomic E-state index is 5.20. The maximum Gasteiger partial charge on any atom is 0.166 e. The molecular formula is C11H20N2S. The SMILES string of the molecule is CCCNC(=S)NCC1(C2CC2)CC1. The molecular weight excluding hydrogens is 192 g/mol. The smallest absolute Gasteiger partial charge is 0.166 e. The Morgan fingerprint density at radius 2 is 2.07 bits per heavy atom. The van der Waals surface area contributed by atoms with Gasteiger partial charge in [-0.15, -0.1) is 0 Å². The molecule has 2 saturated carbocycles. The van der Waals surface area contributed by atoms with Gasteiger partial charge in [0.2, 0.25) is 0 Å². The Bertz CT molecular complexity index is 219. The predicted molar refractivity (Wildman–Crippen MR) is 63.3 cm³/mol. The van der Waals surface area contributed by atoms with Gasteiger partial charge in [-0.25, -0.2) is 0 Å². The summed E-state index contributed by atoms with van der Waals surface area (Å²) in [5.74, 6) is 1.02. The van der Waals surface area contributed by atoms with E-state index in [0.29, 0.717) is 5.41 Å². The second kappa shape index (κ2) is 4.05. The zero-order valence-electron chi connectivity index (χ0n) is 8.94. The number of rotatable bonds is 5. The fourth-order valence-electron chi connectivity index (χ4n) is 2.14. The van der Waals surface area contributed by atoms with E-state index in [1.54, 1.807) is 0 Å². The van der Waals surface area contributed by atoms with E-state index in [0.717, 1.165) is 30.5 Å². The minimum Gasteiger partial charge on any atom is -0.363 e. The van der Waals surface area contributed by atoms with Crippen LogP contribution in [0.3, 0.4) is 0 Å². The van der Waals surface area contributed by atoms with Gasteiger partial charge in [-0.1, -0.05) is 6.92 Å². The monoisotopic (exact) mass is 212 g/mol. The molecule has 0 amide bonds. The van der Waals surface area contributed by atoms with Crippen molar-refractivity contribution in [3.63, 3.8) is 0 Å². The highest BCUT2D eigenvalue weighted by Gasteiger charge is 2.53. The molecule has 0 aromatic rings. The second-order valence-corrected chi connectivity index (χ2v) is 5.15. The minimum atomic E-state index is 0.651. The highest BCUT2D eigenvalue weighted by atomic mass is 32.1. The Morgan fingerprint density at radius 3 is 2.57 bits per heavy atom. The summed E-state index contributed by atoms with van der Waals surface area (Å²) in [6, 6.07) is 0. The molecule has 2 aliphatic rings. The van der Waals surface area contributed by atoms with Crippen molar-refractivity contribution in [3.05, 3.63) is 0 Å². The molecule has 3 heteroatoms. The molecule has 0 unspecified atom stereocenters. The summed E-state index contributed by atoms with van der Waals surface area (Å²) in [5.41, 5.74) is 0.651. The lowest BCUT2D eigenvalue weighted by atomic mass is 10.0. The first-order valence-electron chi connectivity index (χ1n) is 5.78. The molecule has 0 aromatic carbocycles. The van der Waals surface area contributed by atoms with Crippen molar-refractivity contribution < 1.29 is 0 Å². The Hall–Kier alpha value is -0.310. The summed E-state index contributed by atoms with van der Waals surface area (Å²) in [4.78, 5) is 0. The first kappa shape index (κ1) is 10.2. The van der Waals surface area contributed by atoms with Gasteiger partial charge in [-0.2, -0.15) is 0 Å². The molecule has 2 aliphatic carbocycles. The van der Waals surface area contributed by atoms with Crippen molar-refractivity contribution in [2.75, 3.05) is 13.1 Å². The third-order valence-corrected chi connectivity index (χ3v) is 3.76. The summed E-state index contributed by atoms with van der Waals surface area (Å²) in [6.07, 6.45) is 6.88. The van der Waals surface area contributed by atoms with Crippen molar-refractivity contribution in [2.24, 2.45) is 11.3 Å². The van der Waals surface area contributed by atoms with Gasteiger partial charge in [0.15, 0.2) is 5.11 Å². The van der Waals surface area contributed by atoms with Crippen LogP contribution in [0.1, 0.15) is 39.0 Å². The predicted octanol–water partition coefficient (Wildman–Crippen LogP) is 2.05. The number of nitrogens with one attached hydrogen (secondary N) is 2. The van der Waals surface area contributed by atoms with Crippen molar-refractivity contribution >= 4 is 17.3 Å². The largest absolute Gasteiger partial charge is 0.363 e. The van der Waals surface area contributed by atoms with Crippen LogP contribution in [0.4, 0.5) is 0 Å². The second-order valence-electron chi connectivity index (χ2n) is 4.75. The summed E-state index contributed by atoms with van der Waals surface area (Å²) in [7, 11) is 0. The summed E-state index contributed by atoms with van der Waals surface area (Å²) >= 11 is 5.20. The van der Waals surface area contributed by atoms with E-state index >= 15 is 0 Å². The molecule has 0 aromatic heterocycles. The number of hydrogen-bond donors (Lipinski definition) is 2. The van der Waals surface area contributed by atoms with Crippen LogP contribution in [0.5, 0.6) is 0 Å². The summed E-state index contributed by atoms with van der Waals surface area (Å²) in [5, 5.41) is 7.42. The van der Waals surface area contributed by atoms with Crippen LogP contribution in [-0.2, 0) is 0 Å². The molecule has 2 rings (SSSR count). The van der Waals surface area contributed by atoms with E-state index in [4.69, 9.17) is 12.2 Å². The van der Waals surface area contributed by atoms with Crippen LogP contribution in [0.25, 0.3) is 0 Å². The van der Waals surface area contributed by atoms with Crippen LogP contribution in [0.15, 0.2) is 0 Å². The van der Waals surface area contributed by atoms with E-state index < -0.39 is 0 Å². The van der Waals surface area contributed by atoms with Crippen LogP contribution >= 0.6 is 12.2 Å². The standard InChI is InChI=1S/C11H20N2S/c1-2-7-12-10(14)13-8-11(5-6-11)9-3-4-9/h9H,2-8H2,1H3,(H2,12,13,14). The highest BCUT2D eigenvalue weighted by Crippen LogP contribution is 2.60. The molecule has 80 valence electrons. The zero-order chi connectivity index (χ0) is 10.0. The molecule has 0 atom stereocenters. The first-order chi connectivity index (χ1) is 6.77. The fraction of sp³-hybridized carbons (Fsp3) is 0.909. The summed E-state index contributed by atoms with van der Waals surface area (Å²) < 4.78 is 0. The van der Waals surface area contributed by atoms with Crippen molar-refractivity contribution in [1.82, 2.24) is 10.6 Å². The number of thiocarbonyl (C=S) groups is 1. The minimum absolute atomic E-state index is 0.651. The molecule has 2 N–H and O–H groups in total. The van der Waals surface area contributed by atoms with Crippen LogP contribution < -0.4 is 10.6 Å². The summed E-state index contributed by atoms with van der Waals surface area (Å²) in [6.45, 7) is 4.25. The molecule has 0 heterocycles. The van der Waals surface area contributed by atoms with E-state index in [-0.39, 0.29) is 0 Å².